The van der Waals surface area contributed by atoms with E-state index in [1.165, 1.54) is 93.4 Å². The molecule has 14 rings (SSSR count). The number of nitrogens with zero attached hydrogens (tertiary/aromatic N) is 11. The van der Waals surface area contributed by atoms with Gasteiger partial charge in [-0.05, 0) is 283 Å². The topological polar surface area (TPSA) is 472 Å². The second-order valence-corrected chi connectivity index (χ2v) is 37.6. The van der Waals surface area contributed by atoms with E-state index in [-0.39, 0.29) is 108 Å². The van der Waals surface area contributed by atoms with Gasteiger partial charge in [-0.2, -0.15) is 40.2 Å². The molecule has 2 aliphatic heterocycles. The summed E-state index contributed by atoms with van der Waals surface area (Å²) < 4.78 is 113. The number of halogens is 2. The van der Waals surface area contributed by atoms with E-state index in [9.17, 15) is 60.8 Å². The van der Waals surface area contributed by atoms with Crippen LogP contribution in [0.4, 0.5) is 21.9 Å². The van der Waals surface area contributed by atoms with Crippen LogP contribution in [-0.4, -0.2) is 119 Å². The smallest absolute Gasteiger partial charge is 0.409 e. The third kappa shape index (κ3) is 29.8. The summed E-state index contributed by atoms with van der Waals surface area (Å²) in [6, 6.07) is 71.9. The van der Waals surface area contributed by atoms with E-state index in [1.807, 2.05) is 210 Å². The molecule has 0 unspecified atom stereocenters. The van der Waals surface area contributed by atoms with Crippen molar-refractivity contribution in [2.45, 2.75) is 97.8 Å². The number of rotatable bonds is 17. The van der Waals surface area contributed by atoms with Crippen LogP contribution >= 0.6 is 22.3 Å². The molecule has 12 aromatic carbocycles. The number of piperazine rings is 2. The van der Waals surface area contributed by atoms with Gasteiger partial charge >= 0.3 is 11.8 Å². The number of phenols is 1. The zero-order valence-corrected chi connectivity index (χ0v) is 80.3. The molecule has 0 saturated carbocycles. The Morgan fingerprint density at radius 2 is 0.662 bits per heavy atom. The molecule has 0 radical (unpaired) electrons. The van der Waals surface area contributed by atoms with Crippen molar-refractivity contribution in [1.29, 1.82) is 31.6 Å². The first-order valence-electron chi connectivity index (χ1n) is 41.4. The molecule has 0 bridgehead atoms. The fourth-order valence-electron chi connectivity index (χ4n) is 12.6. The average molecular weight is 1930 g/mol. The standard InChI is InChI=1S/C21H23N3O5S.C19H21N3O3S.C15H12ClNO3S.C15H12N2O3.C15H14N2O.C8H10O.C7H3ClN2O2/c1-15-4-5-16(2)19(12-15)29-18-7-6-17(14-22)13-20(18)30(26,27)24-10-8-23(9-11-24)21(25)28-3;1-14-3-4-15(2)18(11-14)25-17-6-5-16(13-20)12-19(17)26(23,24)22-9-7-21-8-10-22;1-10-3-4-11(2)14(7-10)20-13-6-5-12(9-17)8-15(13)21(16,18)19;1-10-3-4-11(2)15(7-10)20-14-6-5-12(9-16)8-13(14)17(18)19;1-10-3-4-11(2)15(7-10)18-14-6-5-12(9-16)8-13(14)17;1-6-3-4-7(2)8(9)5-6;8-6-2-1-5(4-9)3-7(6)10(11)12/h4-7,12-13H,8-11H2,1-3H3;3-6,11-12,21H,7-10H2,1-2H3;3-8H,1-2H3;3-8H,1-2H3;3-8H,17H2,1-2H3;3-5,9H,1-2H3;1-3H. The van der Waals surface area contributed by atoms with Crippen LogP contribution in [0.1, 0.15) is 100 Å². The Bertz CT molecular complexity index is 7110. The maximum Gasteiger partial charge on any atom is 0.409 e. The molecule has 0 atom stereocenters. The van der Waals surface area contributed by atoms with Crippen LogP contribution in [0.15, 0.2) is 233 Å². The highest BCUT2D eigenvalue weighted by atomic mass is 35.7. The minimum absolute atomic E-state index is 0.0272. The number of carbonyl (C=O) groups is 1. The summed E-state index contributed by atoms with van der Waals surface area (Å²) in [4.78, 5) is 33.0. The molecule has 4 N–H and O–H groups in total. The molecule has 0 aromatic heterocycles. The van der Waals surface area contributed by atoms with Gasteiger partial charge in [-0.15, -0.1) is 0 Å². The van der Waals surface area contributed by atoms with Crippen molar-refractivity contribution in [1.82, 2.24) is 18.8 Å². The molecule has 2 fully saturated rings. The molecule has 0 aliphatic carbocycles. The van der Waals surface area contributed by atoms with Crippen LogP contribution in [0.3, 0.4) is 0 Å². The van der Waals surface area contributed by atoms with Crippen LogP contribution in [0.5, 0.6) is 63.2 Å². The maximum atomic E-state index is 13.4. The largest absolute Gasteiger partial charge is 0.508 e. The SMILES string of the molecule is COC(=O)N1CCN(S(=O)(=O)c2cc(C#N)ccc2Oc2cc(C)ccc2C)CC1.Cc1ccc(C)c(O)c1.Cc1ccc(C)c(Oc2ccc(C#N)cc2N)c1.Cc1ccc(C)c(Oc2ccc(C#N)cc2S(=O)(=O)Cl)c1.Cc1ccc(C)c(Oc2ccc(C#N)cc2S(=O)(=O)N2CCNCC2)c1.Cc1ccc(C)c(Oc2ccc(C#N)cc2[N+](=O)[O-])c1.N#Cc1ccc(Cl)c([N+](=O)[O-])c1. The number of aromatic hydroxyl groups is 1. The lowest BCUT2D eigenvalue weighted by atomic mass is 10.1. The number of nitrogen functional groups attached to an aromatic ring is 1. The molecule has 2 saturated heterocycles. The minimum atomic E-state index is -4.01. The van der Waals surface area contributed by atoms with Gasteiger partial charge in [-0.3, -0.25) is 20.2 Å². The lowest BCUT2D eigenvalue weighted by molar-refractivity contribution is -0.385. The second kappa shape index (κ2) is 48.8. The molecule has 31 nitrogen and oxygen atoms in total. The van der Waals surface area contributed by atoms with Crippen LogP contribution in [-0.2, 0) is 33.8 Å². The predicted octanol–water partition coefficient (Wildman–Crippen LogP) is 21.1. The van der Waals surface area contributed by atoms with E-state index in [1.54, 1.807) is 48.5 Å². The van der Waals surface area contributed by atoms with E-state index in [0.717, 1.165) is 78.6 Å². The minimum Gasteiger partial charge on any atom is -0.508 e. The van der Waals surface area contributed by atoms with Gasteiger partial charge in [0.1, 0.15) is 77.2 Å². The zero-order valence-electron chi connectivity index (χ0n) is 76.3. The Morgan fingerprint density at radius 3 is 0.993 bits per heavy atom. The summed E-state index contributed by atoms with van der Waals surface area (Å²) in [5.74, 6) is 4.61. The number of nitro benzene ring substituents is 2. The number of hydrogen-bond donors (Lipinski definition) is 3. The molecular formula is C100H95Cl2N13O18S3. The van der Waals surface area contributed by atoms with Crippen LogP contribution in [0, 0.1) is 171 Å². The summed E-state index contributed by atoms with van der Waals surface area (Å²) in [5, 5.41) is 86.9. The number of sulfonamides is 2. The van der Waals surface area contributed by atoms with Gasteiger partial charge in [-0.1, -0.05) is 84.4 Å². The van der Waals surface area contributed by atoms with E-state index >= 15 is 0 Å². The van der Waals surface area contributed by atoms with Gasteiger partial charge in [0.2, 0.25) is 25.8 Å². The fraction of sp³-hybridized carbons (Fsp3) is 0.210. The first-order valence-corrected chi connectivity index (χ1v) is 47.0. The third-order valence-corrected chi connectivity index (χ3v) is 25.8. The van der Waals surface area contributed by atoms with Crippen LogP contribution in [0.2, 0.25) is 5.02 Å². The average Bonchev–Trinajstić information content (AvgIpc) is 0.781. The van der Waals surface area contributed by atoms with Gasteiger partial charge in [-0.25, -0.2) is 30.0 Å². The predicted molar refractivity (Wildman–Crippen MR) is 515 cm³/mol. The molecule has 136 heavy (non-hydrogen) atoms. The molecule has 2 aliphatic rings. The molecular weight excluding hydrogens is 1840 g/mol. The van der Waals surface area contributed by atoms with E-state index in [0.29, 0.717) is 71.9 Å². The Hall–Kier alpha value is -15.4. The van der Waals surface area contributed by atoms with Crippen molar-refractivity contribution in [2.24, 2.45) is 0 Å². The Balaban J connectivity index is 0.000000200. The van der Waals surface area contributed by atoms with E-state index in [2.05, 4.69) is 5.32 Å². The van der Waals surface area contributed by atoms with E-state index in [4.69, 9.17) is 82.6 Å². The van der Waals surface area contributed by atoms with Gasteiger partial charge in [0, 0.05) is 75.2 Å². The third-order valence-electron chi connectivity index (χ3n) is 20.3. The fourth-order valence-corrected chi connectivity index (χ4v) is 16.9. The van der Waals surface area contributed by atoms with Crippen molar-refractivity contribution in [3.8, 4) is 99.7 Å². The van der Waals surface area contributed by atoms with Gasteiger partial charge in [0.25, 0.3) is 14.7 Å². The highest BCUT2D eigenvalue weighted by Gasteiger charge is 2.35. The molecule has 700 valence electrons. The van der Waals surface area contributed by atoms with E-state index < -0.39 is 45.0 Å². The summed E-state index contributed by atoms with van der Waals surface area (Å²) in [6.45, 7) is 25.7. The number of benzene rings is 12. The van der Waals surface area contributed by atoms with Crippen molar-refractivity contribution < 1.29 is 73.4 Å². The number of nitrogens with two attached hydrogens (primary N) is 1. The first-order chi connectivity index (χ1) is 64.4. The van der Waals surface area contributed by atoms with Gasteiger partial charge < -0.3 is 49.5 Å². The molecule has 1 amide bonds. The monoisotopic (exact) mass is 1930 g/mol. The van der Waals surface area contributed by atoms with Gasteiger partial charge in [0.15, 0.2) is 0 Å². The number of hydrogen-bond acceptors (Lipinski definition) is 26. The summed E-state index contributed by atoms with van der Waals surface area (Å²) in [7, 11) is -5.01. The Labute approximate surface area is 799 Å². The number of amides is 1. The Morgan fingerprint density at radius 1 is 0.375 bits per heavy atom. The van der Waals surface area contributed by atoms with Crippen molar-refractivity contribution >= 4 is 74.5 Å². The van der Waals surface area contributed by atoms with Crippen LogP contribution in [0.25, 0.3) is 0 Å². The maximum absolute atomic E-state index is 13.4. The quantitative estimate of drug-likeness (QED) is 0.0330. The highest BCUT2D eigenvalue weighted by Crippen LogP contribution is 2.40. The molecule has 36 heteroatoms. The number of nitro groups is 2. The lowest BCUT2D eigenvalue weighted by Crippen LogP contribution is -2.50. The van der Waals surface area contributed by atoms with Crippen molar-refractivity contribution in [3.63, 3.8) is 0 Å². The number of carbonyl (C=O) groups excluding carboxylic acids is 1. The number of methoxy groups -OCH3 is 1. The normalized spacial score (nSPS) is 12.1. The number of ether oxygens (including phenoxy) is 6. The van der Waals surface area contributed by atoms with Crippen molar-refractivity contribution in [3.05, 3.63) is 344 Å². The van der Waals surface area contributed by atoms with Crippen LogP contribution < -0.4 is 34.7 Å². The van der Waals surface area contributed by atoms with Crippen molar-refractivity contribution in [2.75, 3.05) is 65.2 Å². The van der Waals surface area contributed by atoms with Gasteiger partial charge in [0.05, 0.1) is 92.4 Å². The number of nitrogens with one attached hydrogen (secondary N) is 1. The molecule has 2 heterocycles. The summed E-state index contributed by atoms with van der Waals surface area (Å²) in [6.07, 6.45) is -0.488. The summed E-state index contributed by atoms with van der Waals surface area (Å²) >= 11 is 5.50. The second-order valence-electron chi connectivity index (χ2n) is 30.9. The number of nitriles is 6. The lowest BCUT2D eigenvalue weighted by Gasteiger charge is -2.33. The number of aryl methyl sites for hydroxylation is 12. The molecule has 12 aromatic rings. The summed E-state index contributed by atoms with van der Waals surface area (Å²) in [5.41, 5.74) is 19.3. The highest BCUT2D eigenvalue weighted by molar-refractivity contribution is 8.13. The number of phenolic OH excluding ortho intramolecular Hbond substituents is 1. The Kier molecular flexibility index (Phi) is 38.0. The zero-order chi connectivity index (χ0) is 100. The number of anilines is 1. The molecule has 0 spiro atoms. The first kappa shape index (κ1) is 106.